The first kappa shape index (κ1) is 22.6. The average molecular weight is 472 g/mol. The Balaban J connectivity index is 2.01. The summed E-state index contributed by atoms with van der Waals surface area (Å²) in [6.07, 6.45) is 0.530. The summed E-state index contributed by atoms with van der Waals surface area (Å²) in [6.45, 7) is 5.02. The van der Waals surface area contributed by atoms with Crippen LogP contribution in [0.2, 0.25) is 10.0 Å². The molecule has 0 radical (unpaired) electrons. The van der Waals surface area contributed by atoms with Crippen LogP contribution in [0.1, 0.15) is 13.8 Å². The largest absolute Gasteiger partial charge is 0.333 e. The van der Waals surface area contributed by atoms with Gasteiger partial charge in [0.1, 0.15) is 0 Å². The van der Waals surface area contributed by atoms with Gasteiger partial charge in [0.25, 0.3) is 0 Å². The third kappa shape index (κ3) is 5.75. The molecule has 3 rings (SSSR count). The number of fused-ring (bicyclic) bond motifs is 1. The second kappa shape index (κ2) is 10.8. The summed E-state index contributed by atoms with van der Waals surface area (Å²) in [7, 11) is -1.13. The maximum absolute atomic E-state index is 13.9. The molecule has 0 heterocycles. The topological polar surface area (TPSA) is 21.7 Å². The molecular weight excluding hydrogens is 451 g/mol. The molecule has 0 aromatic heterocycles. The van der Waals surface area contributed by atoms with E-state index in [4.69, 9.17) is 32.2 Å². The summed E-state index contributed by atoms with van der Waals surface area (Å²) in [5, 5.41) is 2.22. The van der Waals surface area contributed by atoms with Gasteiger partial charge in [0.15, 0.2) is 14.2 Å². The Morgan fingerprint density at radius 3 is 2.24 bits per heavy atom. The lowest BCUT2D eigenvalue weighted by Crippen LogP contribution is -2.17. The van der Waals surface area contributed by atoms with Crippen LogP contribution in [0, 0.1) is 5.82 Å². The molecule has 8 heteroatoms. The fourth-order valence-electron chi connectivity index (χ4n) is 2.80. The summed E-state index contributed by atoms with van der Waals surface area (Å²) in [6, 6.07) is 17.5. The van der Waals surface area contributed by atoms with Crippen LogP contribution in [0.15, 0.2) is 59.5 Å². The lowest BCUT2D eigenvalue weighted by molar-refractivity contribution is 0.270. The predicted molar refractivity (Wildman–Crippen MR) is 124 cm³/mol. The highest BCUT2D eigenvalue weighted by molar-refractivity contribution is 8.01. The zero-order valence-electron chi connectivity index (χ0n) is 16.1. The van der Waals surface area contributed by atoms with Gasteiger partial charge in [0, 0.05) is 10.3 Å². The molecule has 0 spiro atoms. The molecule has 0 aliphatic heterocycles. The summed E-state index contributed by atoms with van der Waals surface area (Å²) in [5.74, 6) is -0.611. The maximum atomic E-state index is 13.9. The normalized spacial score (nSPS) is 11.4. The third-order valence-electron chi connectivity index (χ3n) is 4.00. The third-order valence-corrected chi connectivity index (χ3v) is 7.34. The van der Waals surface area contributed by atoms with Crippen molar-refractivity contribution in [3.63, 3.8) is 0 Å². The number of anilines is 1. The molecule has 0 bridgehead atoms. The van der Waals surface area contributed by atoms with Gasteiger partial charge < -0.3 is 13.4 Å². The van der Waals surface area contributed by atoms with Crippen molar-refractivity contribution in [3.05, 3.63) is 70.5 Å². The van der Waals surface area contributed by atoms with E-state index in [0.29, 0.717) is 19.5 Å². The second-order valence-electron chi connectivity index (χ2n) is 5.98. The van der Waals surface area contributed by atoms with E-state index < -0.39 is 14.2 Å². The quantitative estimate of drug-likeness (QED) is 0.178. The number of hydrogen-bond donors (Lipinski definition) is 0. The van der Waals surface area contributed by atoms with Crippen LogP contribution in [0.25, 0.3) is 10.8 Å². The number of nitrogens with zero attached hydrogens (tertiary/aromatic N) is 1. The first-order valence-electron chi connectivity index (χ1n) is 9.14. The van der Waals surface area contributed by atoms with Crippen molar-refractivity contribution in [2.24, 2.45) is 0 Å². The lowest BCUT2D eigenvalue weighted by atomic mass is 10.1. The van der Waals surface area contributed by atoms with Crippen LogP contribution in [0.4, 0.5) is 10.1 Å². The standard InChI is InChI=1S/C21H21Cl2FNO2PS/c1-3-26-28(27-4-2)14-25(29-16-12-18(22)21(24)19(23)13-16)20-11-7-9-15-8-5-6-10-17(15)20/h5-13H,3-4,14H2,1-2H3. The van der Waals surface area contributed by atoms with Crippen LogP contribution >= 0.6 is 43.5 Å². The van der Waals surface area contributed by atoms with Gasteiger partial charge in [0.05, 0.1) is 35.2 Å². The van der Waals surface area contributed by atoms with Gasteiger partial charge in [-0.15, -0.1) is 0 Å². The SMILES string of the molecule is CCOP(CN(Sc1cc(Cl)c(F)c(Cl)c1)c1cccc2ccccc12)OCC. The van der Waals surface area contributed by atoms with Gasteiger partial charge in [0.2, 0.25) is 0 Å². The van der Waals surface area contributed by atoms with E-state index in [1.165, 1.54) is 11.9 Å². The Morgan fingerprint density at radius 1 is 0.966 bits per heavy atom. The Hall–Kier alpha value is -1.07. The summed E-state index contributed by atoms with van der Waals surface area (Å²) in [4.78, 5) is 0.734. The van der Waals surface area contributed by atoms with Crippen LogP contribution in [-0.2, 0) is 9.05 Å². The Morgan fingerprint density at radius 2 is 1.59 bits per heavy atom. The molecule has 0 saturated carbocycles. The van der Waals surface area contributed by atoms with E-state index in [2.05, 4.69) is 22.5 Å². The summed E-state index contributed by atoms with van der Waals surface area (Å²) < 4.78 is 27.6. The van der Waals surface area contributed by atoms with Gasteiger partial charge in [-0.25, -0.2) is 4.39 Å². The molecule has 0 fully saturated rings. The van der Waals surface area contributed by atoms with E-state index in [-0.39, 0.29) is 10.0 Å². The van der Waals surface area contributed by atoms with Crippen molar-refractivity contribution < 1.29 is 13.4 Å². The van der Waals surface area contributed by atoms with Crippen molar-refractivity contribution in [2.75, 3.05) is 23.8 Å². The van der Waals surface area contributed by atoms with Gasteiger partial charge >= 0.3 is 0 Å². The number of halogens is 3. The zero-order valence-corrected chi connectivity index (χ0v) is 19.3. The van der Waals surface area contributed by atoms with E-state index in [0.717, 1.165) is 21.4 Å². The minimum atomic E-state index is -1.13. The summed E-state index contributed by atoms with van der Waals surface area (Å²) in [5.41, 5.74) is 1.01. The van der Waals surface area contributed by atoms with Crippen molar-refractivity contribution in [1.82, 2.24) is 0 Å². The van der Waals surface area contributed by atoms with Crippen LogP contribution < -0.4 is 4.31 Å². The van der Waals surface area contributed by atoms with Crippen LogP contribution in [0.5, 0.6) is 0 Å². The number of hydrogen-bond acceptors (Lipinski definition) is 4. The molecule has 3 nitrogen and oxygen atoms in total. The van der Waals surface area contributed by atoms with E-state index in [1.807, 2.05) is 38.1 Å². The minimum absolute atomic E-state index is 0.00486. The predicted octanol–water partition coefficient (Wildman–Crippen LogP) is 8.14. The highest BCUT2D eigenvalue weighted by atomic mass is 35.5. The Kier molecular flexibility index (Phi) is 8.43. The molecule has 154 valence electrons. The van der Waals surface area contributed by atoms with Gasteiger partial charge in [-0.1, -0.05) is 59.6 Å². The maximum Gasteiger partial charge on any atom is 0.192 e. The molecule has 0 aliphatic carbocycles. The molecule has 0 atom stereocenters. The minimum Gasteiger partial charge on any atom is -0.333 e. The number of rotatable bonds is 9. The molecule has 3 aromatic rings. The Labute approximate surface area is 186 Å². The number of benzene rings is 3. The van der Waals surface area contributed by atoms with E-state index >= 15 is 0 Å². The van der Waals surface area contributed by atoms with Crippen molar-refractivity contribution in [3.8, 4) is 0 Å². The summed E-state index contributed by atoms with van der Waals surface area (Å²) >= 11 is 13.5. The molecule has 0 saturated heterocycles. The molecule has 0 amide bonds. The van der Waals surface area contributed by atoms with Gasteiger partial charge in [-0.2, -0.15) is 0 Å². The second-order valence-corrected chi connectivity index (χ2v) is 9.35. The average Bonchev–Trinajstić information content (AvgIpc) is 2.71. The van der Waals surface area contributed by atoms with Gasteiger partial charge in [-0.05, 0) is 49.4 Å². The molecule has 0 N–H and O–H groups in total. The van der Waals surface area contributed by atoms with Crippen molar-refractivity contribution >= 4 is 60.0 Å². The first-order valence-corrected chi connectivity index (χ1v) is 12.0. The molecular formula is C21H21Cl2FNO2PS. The van der Waals surface area contributed by atoms with Crippen LogP contribution in [0.3, 0.4) is 0 Å². The molecule has 29 heavy (non-hydrogen) atoms. The Bertz CT molecular complexity index is 944. The zero-order chi connectivity index (χ0) is 20.8. The first-order chi connectivity index (χ1) is 14.0. The highest BCUT2D eigenvalue weighted by Gasteiger charge is 2.20. The fraction of sp³-hybridized carbons (Fsp3) is 0.238. The smallest absolute Gasteiger partial charge is 0.192 e. The fourth-order valence-corrected chi connectivity index (χ4v) is 5.96. The monoisotopic (exact) mass is 471 g/mol. The lowest BCUT2D eigenvalue weighted by Gasteiger charge is -2.28. The van der Waals surface area contributed by atoms with E-state index in [9.17, 15) is 4.39 Å². The van der Waals surface area contributed by atoms with Crippen LogP contribution in [-0.4, -0.2) is 19.5 Å². The van der Waals surface area contributed by atoms with E-state index in [1.54, 1.807) is 12.1 Å². The highest BCUT2D eigenvalue weighted by Crippen LogP contribution is 2.45. The van der Waals surface area contributed by atoms with Crippen molar-refractivity contribution in [2.45, 2.75) is 18.7 Å². The van der Waals surface area contributed by atoms with Crippen molar-refractivity contribution in [1.29, 1.82) is 0 Å². The molecule has 0 aliphatic rings. The molecule has 3 aromatic carbocycles. The van der Waals surface area contributed by atoms with Gasteiger partial charge in [-0.3, -0.25) is 0 Å². The molecule has 0 unspecified atom stereocenters.